The number of carboxylic acids is 1. The van der Waals surface area contributed by atoms with Crippen LogP contribution >= 0.6 is 22.6 Å². The molecular formula is C25H19IN2O4. The van der Waals surface area contributed by atoms with Crippen molar-refractivity contribution >= 4 is 46.2 Å². The lowest BCUT2D eigenvalue weighted by Crippen LogP contribution is -2.14. The number of amides is 1. The topological polar surface area (TPSA) is 99.4 Å². The lowest BCUT2D eigenvalue weighted by atomic mass is 10.1. The Morgan fingerprint density at radius 1 is 1.12 bits per heavy atom. The molecule has 2 N–H and O–H groups in total. The van der Waals surface area contributed by atoms with E-state index >= 15 is 0 Å². The summed E-state index contributed by atoms with van der Waals surface area (Å²) in [5.74, 6) is -1.02. The molecule has 3 rings (SSSR count). The minimum atomic E-state index is -1.10. The number of carboxylic acid groups (broad SMARTS) is 1. The van der Waals surface area contributed by atoms with Gasteiger partial charge in [-0.25, -0.2) is 4.79 Å². The van der Waals surface area contributed by atoms with Gasteiger partial charge in [0.25, 0.3) is 5.91 Å². The molecule has 32 heavy (non-hydrogen) atoms. The molecule has 0 aliphatic carbocycles. The maximum atomic E-state index is 12.5. The number of aromatic carboxylic acids is 1. The highest BCUT2D eigenvalue weighted by molar-refractivity contribution is 14.1. The number of hydrogen-bond donors (Lipinski definition) is 2. The zero-order chi connectivity index (χ0) is 23.1. The second kappa shape index (κ2) is 10.6. The summed E-state index contributed by atoms with van der Waals surface area (Å²) < 4.78 is 6.73. The Morgan fingerprint density at radius 3 is 2.53 bits per heavy atom. The zero-order valence-corrected chi connectivity index (χ0v) is 19.3. The third-order valence-corrected chi connectivity index (χ3v) is 5.36. The minimum absolute atomic E-state index is 0.0427. The van der Waals surface area contributed by atoms with Gasteiger partial charge in [0.1, 0.15) is 24.0 Å². The summed E-state index contributed by atoms with van der Waals surface area (Å²) in [5.41, 5.74) is 3.15. The van der Waals surface area contributed by atoms with Crippen LogP contribution in [0.3, 0.4) is 0 Å². The number of rotatable bonds is 7. The van der Waals surface area contributed by atoms with Crippen LogP contribution in [0, 0.1) is 21.8 Å². The van der Waals surface area contributed by atoms with Gasteiger partial charge in [-0.3, -0.25) is 4.79 Å². The van der Waals surface area contributed by atoms with E-state index in [1.54, 1.807) is 18.2 Å². The Balaban J connectivity index is 1.71. The predicted octanol–water partition coefficient (Wildman–Crippen LogP) is 5.42. The van der Waals surface area contributed by atoms with Gasteiger partial charge >= 0.3 is 5.97 Å². The number of aryl methyl sites for hydroxylation is 1. The molecule has 1 amide bonds. The van der Waals surface area contributed by atoms with Gasteiger partial charge in [-0.05, 0) is 77.0 Å². The van der Waals surface area contributed by atoms with E-state index in [4.69, 9.17) is 9.84 Å². The van der Waals surface area contributed by atoms with Crippen molar-refractivity contribution in [2.45, 2.75) is 13.5 Å². The van der Waals surface area contributed by atoms with Crippen LogP contribution in [0.1, 0.15) is 27.0 Å². The van der Waals surface area contributed by atoms with E-state index in [1.165, 1.54) is 29.8 Å². The summed E-state index contributed by atoms with van der Waals surface area (Å²) in [6.45, 7) is 2.47. The van der Waals surface area contributed by atoms with Crippen molar-refractivity contribution in [1.29, 1.82) is 5.26 Å². The molecule has 3 aromatic carbocycles. The van der Waals surface area contributed by atoms with E-state index in [1.807, 2.05) is 43.3 Å². The molecule has 0 unspecified atom stereocenters. The Labute approximate surface area is 199 Å². The van der Waals surface area contributed by atoms with Gasteiger partial charge < -0.3 is 15.2 Å². The number of carbonyl (C=O) groups excluding carboxylic acids is 1. The SMILES string of the molecule is Cc1ccc(COc2ccc(/C=C(/C#N)C(=O)Nc3cccc(C(=O)O)c3)cc2I)cc1. The van der Waals surface area contributed by atoms with E-state index in [-0.39, 0.29) is 11.1 Å². The summed E-state index contributed by atoms with van der Waals surface area (Å²) >= 11 is 2.15. The van der Waals surface area contributed by atoms with Gasteiger partial charge in [0.05, 0.1) is 9.13 Å². The van der Waals surface area contributed by atoms with Gasteiger partial charge in [0.2, 0.25) is 0 Å². The van der Waals surface area contributed by atoms with Gasteiger partial charge in [-0.2, -0.15) is 5.26 Å². The molecule has 0 fully saturated rings. The number of carbonyl (C=O) groups is 2. The Morgan fingerprint density at radius 2 is 1.88 bits per heavy atom. The fraction of sp³-hybridized carbons (Fsp3) is 0.0800. The van der Waals surface area contributed by atoms with Crippen molar-refractivity contribution in [3.63, 3.8) is 0 Å². The van der Waals surface area contributed by atoms with Crippen LogP contribution in [0.25, 0.3) is 6.08 Å². The second-order valence-corrected chi connectivity index (χ2v) is 8.14. The number of halogens is 1. The van der Waals surface area contributed by atoms with Crippen molar-refractivity contribution < 1.29 is 19.4 Å². The number of anilines is 1. The quantitative estimate of drug-likeness (QED) is 0.238. The lowest BCUT2D eigenvalue weighted by Gasteiger charge is -2.10. The molecule has 0 aromatic heterocycles. The van der Waals surface area contributed by atoms with Gasteiger partial charge in [0, 0.05) is 5.69 Å². The van der Waals surface area contributed by atoms with Crippen molar-refractivity contribution in [2.24, 2.45) is 0 Å². The van der Waals surface area contributed by atoms with Crippen LogP contribution in [0.5, 0.6) is 5.75 Å². The molecule has 0 spiro atoms. The highest BCUT2D eigenvalue weighted by Crippen LogP contribution is 2.24. The van der Waals surface area contributed by atoms with Crippen molar-refractivity contribution in [2.75, 3.05) is 5.32 Å². The highest BCUT2D eigenvalue weighted by atomic mass is 127. The lowest BCUT2D eigenvalue weighted by molar-refractivity contribution is -0.112. The number of ether oxygens (including phenoxy) is 1. The first-order valence-electron chi connectivity index (χ1n) is 9.60. The van der Waals surface area contributed by atoms with Crippen LogP contribution in [0.4, 0.5) is 5.69 Å². The number of nitriles is 1. The monoisotopic (exact) mass is 538 g/mol. The van der Waals surface area contributed by atoms with Gasteiger partial charge in [-0.15, -0.1) is 0 Å². The van der Waals surface area contributed by atoms with E-state index in [2.05, 4.69) is 27.9 Å². The first kappa shape index (κ1) is 23.0. The molecule has 7 heteroatoms. The fourth-order valence-electron chi connectivity index (χ4n) is 2.81. The molecule has 160 valence electrons. The van der Waals surface area contributed by atoms with Crippen molar-refractivity contribution in [3.05, 3.63) is 98.1 Å². The highest BCUT2D eigenvalue weighted by Gasteiger charge is 2.12. The Kier molecular flexibility index (Phi) is 7.63. The Bertz CT molecular complexity index is 1230. The number of nitrogens with one attached hydrogen (secondary N) is 1. The van der Waals surface area contributed by atoms with Crippen LogP contribution in [-0.2, 0) is 11.4 Å². The summed E-state index contributed by atoms with van der Waals surface area (Å²) in [7, 11) is 0. The molecule has 0 atom stereocenters. The van der Waals surface area contributed by atoms with Crippen molar-refractivity contribution in [1.82, 2.24) is 0 Å². The average Bonchev–Trinajstić information content (AvgIpc) is 2.78. The summed E-state index contributed by atoms with van der Waals surface area (Å²) in [5, 5.41) is 21.1. The average molecular weight is 538 g/mol. The number of hydrogen-bond acceptors (Lipinski definition) is 4. The summed E-state index contributed by atoms with van der Waals surface area (Å²) in [4.78, 5) is 23.6. The molecule has 6 nitrogen and oxygen atoms in total. The van der Waals surface area contributed by atoms with E-state index in [0.717, 1.165) is 9.13 Å². The summed E-state index contributed by atoms with van der Waals surface area (Å²) in [6.07, 6.45) is 1.47. The van der Waals surface area contributed by atoms with E-state index < -0.39 is 11.9 Å². The van der Waals surface area contributed by atoms with E-state index in [0.29, 0.717) is 23.6 Å². The molecule has 0 aliphatic heterocycles. The third-order valence-electron chi connectivity index (χ3n) is 4.51. The standard InChI is InChI=1S/C25H19IN2O4/c1-16-5-7-17(8-6-16)15-32-23-10-9-18(12-22(23)26)11-20(14-27)24(29)28-21-4-2-3-19(13-21)25(30)31/h2-13H,15H2,1H3,(H,28,29)(H,30,31)/b20-11-. The van der Waals surface area contributed by atoms with Crippen LogP contribution in [-0.4, -0.2) is 17.0 Å². The van der Waals surface area contributed by atoms with Crippen LogP contribution < -0.4 is 10.1 Å². The maximum Gasteiger partial charge on any atom is 0.335 e. The first-order chi connectivity index (χ1) is 15.4. The smallest absolute Gasteiger partial charge is 0.335 e. The van der Waals surface area contributed by atoms with Crippen LogP contribution in [0.2, 0.25) is 0 Å². The first-order valence-corrected chi connectivity index (χ1v) is 10.7. The minimum Gasteiger partial charge on any atom is -0.488 e. The number of nitrogens with zero attached hydrogens (tertiary/aromatic N) is 1. The fourth-order valence-corrected chi connectivity index (χ4v) is 3.51. The normalized spacial score (nSPS) is 10.8. The molecular weight excluding hydrogens is 519 g/mol. The molecule has 0 aliphatic rings. The summed E-state index contributed by atoms with van der Waals surface area (Å²) in [6, 6.07) is 21.2. The molecule has 3 aromatic rings. The predicted molar refractivity (Wildman–Crippen MR) is 130 cm³/mol. The van der Waals surface area contributed by atoms with Crippen molar-refractivity contribution in [3.8, 4) is 11.8 Å². The van der Waals surface area contributed by atoms with Gasteiger partial charge in [-0.1, -0.05) is 42.0 Å². The zero-order valence-electron chi connectivity index (χ0n) is 17.1. The molecule has 0 radical (unpaired) electrons. The largest absolute Gasteiger partial charge is 0.488 e. The van der Waals surface area contributed by atoms with Crippen LogP contribution in [0.15, 0.2) is 72.3 Å². The maximum absolute atomic E-state index is 12.5. The molecule has 0 heterocycles. The van der Waals surface area contributed by atoms with E-state index in [9.17, 15) is 14.9 Å². The molecule has 0 bridgehead atoms. The second-order valence-electron chi connectivity index (χ2n) is 6.97. The Hall–Kier alpha value is -3.64. The van der Waals surface area contributed by atoms with Gasteiger partial charge in [0.15, 0.2) is 0 Å². The third kappa shape index (κ3) is 6.18. The number of benzene rings is 3. The molecule has 0 saturated heterocycles. The molecule has 0 saturated carbocycles.